The van der Waals surface area contributed by atoms with Gasteiger partial charge in [-0.1, -0.05) is 27.7 Å². The number of hydrogen-bond donors (Lipinski definition) is 2. The molecule has 2 heterocycles. The van der Waals surface area contributed by atoms with Gasteiger partial charge in [-0.25, -0.2) is 15.8 Å². The molecule has 1 aliphatic heterocycles. The summed E-state index contributed by atoms with van der Waals surface area (Å²) in [6, 6.07) is 0.575. The summed E-state index contributed by atoms with van der Waals surface area (Å²) in [5, 5.41) is 0. The lowest BCUT2D eigenvalue weighted by Gasteiger charge is -2.37. The first kappa shape index (κ1) is 16.0. The molecule has 1 unspecified atom stereocenters. The van der Waals surface area contributed by atoms with Crippen molar-refractivity contribution in [3.63, 3.8) is 0 Å². The Kier molecular flexibility index (Phi) is 4.71. The number of nitrogens with zero attached hydrogens (tertiary/aromatic N) is 3. The van der Waals surface area contributed by atoms with Gasteiger partial charge in [0, 0.05) is 23.6 Å². The Hall–Kier alpha value is -1.36. The maximum Gasteiger partial charge on any atom is 0.148 e. The molecule has 0 spiro atoms. The van der Waals surface area contributed by atoms with Crippen molar-refractivity contribution in [1.29, 1.82) is 0 Å². The highest BCUT2D eigenvalue weighted by molar-refractivity contribution is 5.59. The predicted octanol–water partition coefficient (Wildman–Crippen LogP) is 3.14. The molecular weight excluding hydrogens is 262 g/mol. The van der Waals surface area contributed by atoms with Crippen molar-refractivity contribution in [3.05, 3.63) is 11.4 Å². The van der Waals surface area contributed by atoms with Crippen LogP contribution >= 0.6 is 0 Å². The summed E-state index contributed by atoms with van der Waals surface area (Å²) in [5.41, 5.74) is 3.70. The van der Waals surface area contributed by atoms with Gasteiger partial charge in [0.05, 0.1) is 0 Å². The fourth-order valence-corrected chi connectivity index (χ4v) is 2.96. The Morgan fingerprint density at radius 1 is 1.29 bits per heavy atom. The summed E-state index contributed by atoms with van der Waals surface area (Å²) in [4.78, 5) is 11.9. The van der Waals surface area contributed by atoms with Crippen LogP contribution in [0.2, 0.25) is 0 Å². The molecule has 2 rings (SSSR count). The minimum atomic E-state index is -0.0917. The van der Waals surface area contributed by atoms with Crippen molar-refractivity contribution < 1.29 is 0 Å². The van der Waals surface area contributed by atoms with Crippen LogP contribution in [0.5, 0.6) is 0 Å². The molecule has 0 amide bonds. The van der Waals surface area contributed by atoms with E-state index in [9.17, 15) is 0 Å². The van der Waals surface area contributed by atoms with Gasteiger partial charge >= 0.3 is 0 Å². The number of nitrogen functional groups attached to an aromatic ring is 1. The average molecular weight is 291 g/mol. The van der Waals surface area contributed by atoms with Crippen LogP contribution in [0.1, 0.15) is 64.8 Å². The molecule has 118 valence electrons. The second-order valence-electron chi connectivity index (χ2n) is 6.99. The van der Waals surface area contributed by atoms with E-state index in [1.807, 2.05) is 0 Å². The predicted molar refractivity (Wildman–Crippen MR) is 88.6 cm³/mol. The van der Waals surface area contributed by atoms with Crippen molar-refractivity contribution in [1.82, 2.24) is 9.97 Å². The fourth-order valence-electron chi connectivity index (χ4n) is 2.96. The van der Waals surface area contributed by atoms with E-state index in [4.69, 9.17) is 10.8 Å². The van der Waals surface area contributed by atoms with Gasteiger partial charge < -0.3 is 10.3 Å². The van der Waals surface area contributed by atoms with Crippen LogP contribution in [-0.2, 0) is 5.41 Å². The molecule has 1 fully saturated rings. The maximum absolute atomic E-state index is 5.67. The van der Waals surface area contributed by atoms with E-state index in [0.29, 0.717) is 6.04 Å². The second kappa shape index (κ2) is 6.18. The van der Waals surface area contributed by atoms with Gasteiger partial charge in [-0.05, 0) is 32.6 Å². The lowest BCUT2D eigenvalue weighted by molar-refractivity contribution is 0.443. The number of anilines is 2. The number of aromatic nitrogens is 2. The molecule has 1 atom stereocenters. The van der Waals surface area contributed by atoms with E-state index in [-0.39, 0.29) is 5.41 Å². The van der Waals surface area contributed by atoms with Gasteiger partial charge in [0.15, 0.2) is 0 Å². The fraction of sp³-hybridized carbons (Fsp3) is 0.750. The highest BCUT2D eigenvalue weighted by atomic mass is 15.3. The number of nitrogens with two attached hydrogens (primary N) is 1. The van der Waals surface area contributed by atoms with Crippen molar-refractivity contribution >= 4 is 11.6 Å². The van der Waals surface area contributed by atoms with Crippen molar-refractivity contribution in [3.8, 4) is 0 Å². The average Bonchev–Trinajstić information content (AvgIpc) is 2.46. The zero-order valence-electron chi connectivity index (χ0n) is 14.0. The number of nitrogens with one attached hydrogen (secondary N) is 1. The van der Waals surface area contributed by atoms with Gasteiger partial charge in [0.1, 0.15) is 17.5 Å². The third-order valence-electron chi connectivity index (χ3n) is 4.30. The first-order valence-electron chi connectivity index (χ1n) is 8.00. The molecule has 5 nitrogen and oxygen atoms in total. The van der Waals surface area contributed by atoms with Crippen LogP contribution in [-0.4, -0.2) is 22.6 Å². The van der Waals surface area contributed by atoms with E-state index in [2.05, 4.69) is 49.9 Å². The number of hydrogen-bond acceptors (Lipinski definition) is 5. The molecule has 5 heteroatoms. The molecule has 0 aliphatic carbocycles. The van der Waals surface area contributed by atoms with Gasteiger partial charge in [-0.2, -0.15) is 0 Å². The molecule has 0 bridgehead atoms. The molecule has 1 saturated heterocycles. The monoisotopic (exact) mass is 291 g/mol. The maximum atomic E-state index is 5.67. The van der Waals surface area contributed by atoms with Gasteiger partial charge in [-0.3, -0.25) is 0 Å². The summed E-state index contributed by atoms with van der Waals surface area (Å²) >= 11 is 0. The number of piperidine rings is 1. The van der Waals surface area contributed by atoms with Crippen LogP contribution < -0.4 is 16.2 Å². The van der Waals surface area contributed by atoms with Crippen LogP contribution in [0.4, 0.5) is 11.6 Å². The van der Waals surface area contributed by atoms with Crippen LogP contribution in [0.25, 0.3) is 0 Å². The van der Waals surface area contributed by atoms with E-state index in [0.717, 1.165) is 36.0 Å². The molecule has 3 N–H and O–H groups in total. The second-order valence-corrected chi connectivity index (χ2v) is 6.99. The summed E-state index contributed by atoms with van der Waals surface area (Å²) in [7, 11) is 0. The van der Waals surface area contributed by atoms with Crippen LogP contribution in [0, 0.1) is 6.92 Å². The Morgan fingerprint density at radius 2 is 2.00 bits per heavy atom. The highest BCUT2D eigenvalue weighted by Gasteiger charge is 2.27. The molecule has 1 aromatic heterocycles. The quantitative estimate of drug-likeness (QED) is 0.661. The Morgan fingerprint density at radius 3 is 2.57 bits per heavy atom. The van der Waals surface area contributed by atoms with Crippen LogP contribution in [0.15, 0.2) is 0 Å². The standard InChI is InChI=1S/C16H29N5/c1-6-12-9-7-8-10-21(12)14-11(2)13(20-17)18-15(19-14)16(3,4)5/h12H,6-10,17H2,1-5H3,(H,18,19,20). The molecule has 1 aliphatic rings. The third-order valence-corrected chi connectivity index (χ3v) is 4.30. The molecule has 0 aromatic carbocycles. The summed E-state index contributed by atoms with van der Waals surface area (Å²) < 4.78 is 0. The summed E-state index contributed by atoms with van der Waals surface area (Å²) in [5.74, 6) is 8.31. The third kappa shape index (κ3) is 3.28. The molecule has 0 radical (unpaired) electrons. The normalized spacial score (nSPS) is 19.7. The lowest BCUT2D eigenvalue weighted by atomic mass is 9.95. The van der Waals surface area contributed by atoms with Gasteiger partial charge in [0.2, 0.25) is 0 Å². The first-order valence-corrected chi connectivity index (χ1v) is 8.00. The van der Waals surface area contributed by atoms with Crippen molar-refractivity contribution in [2.75, 3.05) is 16.9 Å². The summed E-state index contributed by atoms with van der Waals surface area (Å²) in [6.07, 6.45) is 4.94. The minimum Gasteiger partial charge on any atom is -0.353 e. The smallest absolute Gasteiger partial charge is 0.148 e. The van der Waals surface area contributed by atoms with Crippen molar-refractivity contribution in [2.24, 2.45) is 5.84 Å². The number of rotatable bonds is 3. The van der Waals surface area contributed by atoms with Gasteiger partial charge in [-0.15, -0.1) is 0 Å². The van der Waals surface area contributed by atoms with E-state index in [1.54, 1.807) is 0 Å². The van der Waals surface area contributed by atoms with E-state index in [1.165, 1.54) is 19.3 Å². The largest absolute Gasteiger partial charge is 0.353 e. The Labute approximate surface area is 128 Å². The first-order chi connectivity index (χ1) is 9.88. The lowest BCUT2D eigenvalue weighted by Crippen LogP contribution is -2.40. The van der Waals surface area contributed by atoms with Gasteiger partial charge in [0.25, 0.3) is 0 Å². The molecule has 21 heavy (non-hydrogen) atoms. The SMILES string of the molecule is CCC1CCCCN1c1nc(C(C)(C)C)nc(NN)c1C. The van der Waals surface area contributed by atoms with E-state index < -0.39 is 0 Å². The Bertz CT molecular complexity index is 492. The summed E-state index contributed by atoms with van der Waals surface area (Å²) in [6.45, 7) is 11.8. The minimum absolute atomic E-state index is 0.0917. The molecule has 1 aromatic rings. The van der Waals surface area contributed by atoms with E-state index >= 15 is 0 Å². The van der Waals surface area contributed by atoms with Crippen molar-refractivity contribution in [2.45, 2.75) is 71.8 Å². The zero-order valence-corrected chi connectivity index (χ0v) is 14.0. The highest BCUT2D eigenvalue weighted by Crippen LogP contribution is 2.32. The van der Waals surface area contributed by atoms with Crippen LogP contribution in [0.3, 0.4) is 0 Å². The topological polar surface area (TPSA) is 67.1 Å². The number of hydrazine groups is 1. The zero-order chi connectivity index (χ0) is 15.6. The molecular formula is C16H29N5. The Balaban J connectivity index is 2.50. The molecule has 0 saturated carbocycles.